The van der Waals surface area contributed by atoms with Gasteiger partial charge in [0.15, 0.2) is 10.7 Å². The van der Waals surface area contributed by atoms with Crippen LogP contribution in [0.3, 0.4) is 0 Å². The molecule has 0 saturated heterocycles. The molecule has 0 amide bonds. The normalized spacial score (nSPS) is 11.0. The lowest BCUT2D eigenvalue weighted by atomic mass is 10.1. The summed E-state index contributed by atoms with van der Waals surface area (Å²) in [5.74, 6) is -0.387. The smallest absolute Gasteiger partial charge is 0.302 e. The highest BCUT2D eigenvalue weighted by molar-refractivity contribution is 7.72. The van der Waals surface area contributed by atoms with E-state index in [1.807, 2.05) is 25.1 Å². The summed E-state index contributed by atoms with van der Waals surface area (Å²) in [7, 11) is -2.46. The largest absolute Gasteiger partial charge is 0.466 e. The Morgan fingerprint density at radius 2 is 2.14 bits per heavy atom. The van der Waals surface area contributed by atoms with Crippen molar-refractivity contribution in [3.63, 3.8) is 0 Å². The first-order chi connectivity index (χ1) is 9.97. The number of fused-ring (bicyclic) bond motifs is 1. The molecule has 0 spiro atoms. The monoisotopic (exact) mass is 310 g/mol. The molecular formula is C14H18N2O4S. The van der Waals surface area contributed by atoms with Gasteiger partial charge in [-0.15, -0.1) is 0 Å². The van der Waals surface area contributed by atoms with Gasteiger partial charge in [-0.2, -0.15) is 0 Å². The van der Waals surface area contributed by atoms with Gasteiger partial charge in [0.1, 0.15) is 5.88 Å². The number of aryl methyl sites for hydroxylation is 1. The van der Waals surface area contributed by atoms with Gasteiger partial charge in [-0.25, -0.2) is 8.42 Å². The zero-order chi connectivity index (χ0) is 15.4. The molecule has 114 valence electrons. The van der Waals surface area contributed by atoms with E-state index in [-0.39, 0.29) is 11.8 Å². The highest BCUT2D eigenvalue weighted by Crippen LogP contribution is 2.25. The van der Waals surface area contributed by atoms with Crippen molar-refractivity contribution in [2.45, 2.75) is 20.3 Å². The molecule has 0 fully saturated rings. The molecule has 1 heterocycles. The lowest BCUT2D eigenvalue weighted by Crippen LogP contribution is -2.04. The zero-order valence-electron chi connectivity index (χ0n) is 11.9. The summed E-state index contributed by atoms with van der Waals surface area (Å²) in [5.41, 5.74) is 3.81. The number of ether oxygens (including phenoxy) is 1. The Hall–Kier alpha value is -2.02. The van der Waals surface area contributed by atoms with Crippen LogP contribution in [0.4, 0.5) is 5.69 Å². The fraction of sp³-hybridized carbons (Fsp3) is 0.357. The second-order valence-electron chi connectivity index (χ2n) is 4.75. The number of rotatable bonds is 6. The molecule has 21 heavy (non-hydrogen) atoms. The summed E-state index contributed by atoms with van der Waals surface area (Å²) in [4.78, 5) is 14.1. The summed E-state index contributed by atoms with van der Waals surface area (Å²) in [5, 5.41) is 3.86. The molecule has 1 aromatic carbocycles. The first-order valence-electron chi connectivity index (χ1n) is 6.57. The Balaban J connectivity index is 2.24. The summed E-state index contributed by atoms with van der Waals surface area (Å²) in [6.07, 6.45) is 0.616. The van der Waals surface area contributed by atoms with Gasteiger partial charge in [0, 0.05) is 35.6 Å². The molecule has 0 bridgehead atoms. The highest BCUT2D eigenvalue weighted by Gasteiger charge is 2.09. The van der Waals surface area contributed by atoms with E-state index >= 15 is 0 Å². The fourth-order valence-corrected chi connectivity index (χ4v) is 2.58. The molecule has 0 aliphatic carbocycles. The SMILES string of the molecule is CC(=O)OCCc1c(C)[nH]c2ccc(NC[SH](=O)=O)cc12. The molecule has 1 aromatic heterocycles. The molecule has 2 N–H and O–H groups in total. The Morgan fingerprint density at radius 3 is 2.81 bits per heavy atom. The highest BCUT2D eigenvalue weighted by atomic mass is 32.2. The number of thiol groups is 1. The maximum absolute atomic E-state index is 10.8. The van der Waals surface area contributed by atoms with Crippen molar-refractivity contribution in [3.05, 3.63) is 29.5 Å². The summed E-state index contributed by atoms with van der Waals surface area (Å²) >= 11 is 0. The lowest BCUT2D eigenvalue weighted by molar-refractivity contribution is -0.140. The van der Waals surface area contributed by atoms with Crippen LogP contribution in [-0.2, 0) is 26.7 Å². The van der Waals surface area contributed by atoms with Crippen molar-refractivity contribution >= 4 is 33.3 Å². The van der Waals surface area contributed by atoms with E-state index in [2.05, 4.69) is 10.3 Å². The van der Waals surface area contributed by atoms with Crippen molar-refractivity contribution < 1.29 is 17.9 Å². The number of esters is 1. The molecular weight excluding hydrogens is 292 g/mol. The molecule has 0 unspecified atom stereocenters. The maximum atomic E-state index is 10.8. The molecule has 0 aliphatic rings. The second-order valence-corrected chi connectivity index (χ2v) is 5.73. The van der Waals surface area contributed by atoms with E-state index in [1.54, 1.807) is 0 Å². The van der Waals surface area contributed by atoms with Crippen molar-refractivity contribution in [3.8, 4) is 0 Å². The molecule has 2 aromatic rings. The topological polar surface area (TPSA) is 88.3 Å². The number of anilines is 1. The van der Waals surface area contributed by atoms with Crippen molar-refractivity contribution in [1.82, 2.24) is 4.98 Å². The minimum atomic E-state index is -2.46. The van der Waals surface area contributed by atoms with Crippen LogP contribution in [-0.4, -0.2) is 31.9 Å². The first-order valence-corrected chi connectivity index (χ1v) is 7.94. The number of nitrogens with one attached hydrogen (secondary N) is 2. The number of benzene rings is 1. The predicted octanol–water partition coefficient (Wildman–Crippen LogP) is 1.56. The number of hydrogen-bond acceptors (Lipinski definition) is 5. The van der Waals surface area contributed by atoms with Crippen LogP contribution < -0.4 is 5.32 Å². The van der Waals surface area contributed by atoms with E-state index in [0.29, 0.717) is 13.0 Å². The van der Waals surface area contributed by atoms with Crippen LogP contribution in [0.2, 0.25) is 0 Å². The Morgan fingerprint density at radius 1 is 1.38 bits per heavy atom. The van der Waals surface area contributed by atoms with E-state index in [4.69, 9.17) is 4.74 Å². The molecule has 6 nitrogen and oxygen atoms in total. The molecule has 0 saturated carbocycles. The van der Waals surface area contributed by atoms with Gasteiger partial charge in [0.2, 0.25) is 0 Å². The van der Waals surface area contributed by atoms with Crippen LogP contribution in [0.15, 0.2) is 18.2 Å². The number of H-pyrrole nitrogens is 1. The number of hydrogen-bond donors (Lipinski definition) is 3. The molecule has 2 rings (SSSR count). The minimum absolute atomic E-state index is 0.0903. The standard InChI is InChI=1S/C14H18N2O4S/c1-9-12(5-6-20-10(2)17)13-7-11(15-8-21(18)19)3-4-14(13)16-9/h3-4,7,15-16,21H,5-6,8H2,1-2H3. The van der Waals surface area contributed by atoms with Crippen LogP contribution in [0.25, 0.3) is 10.9 Å². The Bertz CT molecular complexity index is 726. The summed E-state index contributed by atoms with van der Waals surface area (Å²) in [6.45, 7) is 3.67. The third kappa shape index (κ3) is 3.98. The number of carbonyl (C=O) groups excluding carboxylic acids is 1. The van der Waals surface area contributed by atoms with Crippen LogP contribution in [0, 0.1) is 6.92 Å². The summed E-state index contributed by atoms with van der Waals surface area (Å²) in [6, 6.07) is 5.63. The first kappa shape index (κ1) is 15.4. The number of aromatic nitrogens is 1. The van der Waals surface area contributed by atoms with Crippen LogP contribution in [0.5, 0.6) is 0 Å². The maximum Gasteiger partial charge on any atom is 0.302 e. The van der Waals surface area contributed by atoms with Gasteiger partial charge < -0.3 is 15.0 Å². The van der Waals surface area contributed by atoms with Crippen LogP contribution >= 0.6 is 0 Å². The Kier molecular flexibility index (Phi) is 4.85. The summed E-state index contributed by atoms with van der Waals surface area (Å²) < 4.78 is 26.2. The van der Waals surface area contributed by atoms with Crippen molar-refractivity contribution in [2.24, 2.45) is 0 Å². The van der Waals surface area contributed by atoms with Crippen molar-refractivity contribution in [2.75, 3.05) is 17.8 Å². The lowest BCUT2D eigenvalue weighted by Gasteiger charge is -2.05. The molecule has 7 heteroatoms. The van der Waals surface area contributed by atoms with E-state index in [9.17, 15) is 13.2 Å². The van der Waals surface area contributed by atoms with Gasteiger partial charge in [0.25, 0.3) is 0 Å². The Labute approximate surface area is 124 Å². The second kappa shape index (κ2) is 6.62. The average Bonchev–Trinajstić information content (AvgIpc) is 2.72. The predicted molar refractivity (Wildman–Crippen MR) is 82.2 cm³/mol. The zero-order valence-corrected chi connectivity index (χ0v) is 12.8. The minimum Gasteiger partial charge on any atom is -0.466 e. The third-order valence-corrected chi connectivity index (χ3v) is 3.61. The van der Waals surface area contributed by atoms with E-state index in [0.717, 1.165) is 27.8 Å². The van der Waals surface area contributed by atoms with Gasteiger partial charge in [-0.3, -0.25) is 4.79 Å². The number of aromatic amines is 1. The van der Waals surface area contributed by atoms with Crippen molar-refractivity contribution in [1.29, 1.82) is 0 Å². The quantitative estimate of drug-likeness (QED) is 0.557. The van der Waals surface area contributed by atoms with Crippen LogP contribution in [0.1, 0.15) is 18.2 Å². The van der Waals surface area contributed by atoms with E-state index in [1.165, 1.54) is 6.92 Å². The molecule has 0 atom stereocenters. The third-order valence-electron chi connectivity index (χ3n) is 3.19. The molecule has 0 radical (unpaired) electrons. The van der Waals surface area contributed by atoms with Gasteiger partial charge in [-0.05, 0) is 30.7 Å². The molecule has 0 aliphatic heterocycles. The average molecular weight is 310 g/mol. The number of carbonyl (C=O) groups is 1. The fourth-order valence-electron chi connectivity index (χ4n) is 2.27. The van der Waals surface area contributed by atoms with Gasteiger partial charge in [-0.1, -0.05) is 0 Å². The van der Waals surface area contributed by atoms with Gasteiger partial charge >= 0.3 is 5.97 Å². The van der Waals surface area contributed by atoms with E-state index < -0.39 is 10.7 Å². The van der Waals surface area contributed by atoms with Gasteiger partial charge in [0.05, 0.1) is 6.61 Å².